The topological polar surface area (TPSA) is 73.2 Å². The number of amides is 1. The van der Waals surface area contributed by atoms with Crippen molar-refractivity contribution in [2.75, 3.05) is 13.7 Å². The van der Waals surface area contributed by atoms with Crippen molar-refractivity contribution in [1.29, 1.82) is 0 Å². The average molecular weight is 287 g/mol. The third-order valence-corrected chi connectivity index (χ3v) is 3.00. The predicted molar refractivity (Wildman–Crippen MR) is 78.2 cm³/mol. The highest BCUT2D eigenvalue weighted by molar-refractivity contribution is 5.79. The van der Waals surface area contributed by atoms with E-state index in [2.05, 4.69) is 10.3 Å². The normalized spacial score (nSPS) is 10.1. The Kier molecular flexibility index (Phi) is 5.09. The Labute approximate surface area is 122 Å². The zero-order valence-electron chi connectivity index (χ0n) is 11.8. The van der Waals surface area contributed by atoms with Crippen molar-refractivity contribution in [3.8, 4) is 5.75 Å². The van der Waals surface area contributed by atoms with Gasteiger partial charge in [0.2, 0.25) is 5.91 Å². The third kappa shape index (κ3) is 4.17. The number of para-hydroxylation sites is 1. The van der Waals surface area contributed by atoms with Crippen LogP contribution in [0, 0.1) is 0 Å². The van der Waals surface area contributed by atoms with Gasteiger partial charge in [0.25, 0.3) is 0 Å². The summed E-state index contributed by atoms with van der Waals surface area (Å²) in [5.41, 5.74) is 0.507. The van der Waals surface area contributed by atoms with Crippen LogP contribution in [0.15, 0.2) is 47.5 Å². The number of hydrogen-bond donors (Lipinski definition) is 1. The van der Waals surface area contributed by atoms with Crippen LogP contribution in [-0.4, -0.2) is 29.1 Å². The molecule has 0 unspecified atom stereocenters. The number of carbonyl (C=O) groups excluding carboxylic acids is 1. The van der Waals surface area contributed by atoms with E-state index < -0.39 is 0 Å². The maximum Gasteiger partial charge on any atom is 0.347 e. The molecule has 1 heterocycles. The van der Waals surface area contributed by atoms with Crippen molar-refractivity contribution < 1.29 is 9.53 Å². The SMILES string of the molecule is COc1ccccc1CC(=O)NCCn1cccnc1=O. The fourth-order valence-corrected chi connectivity index (χ4v) is 1.96. The molecule has 0 aliphatic heterocycles. The van der Waals surface area contributed by atoms with Crippen LogP contribution >= 0.6 is 0 Å². The Hall–Kier alpha value is -2.63. The zero-order chi connectivity index (χ0) is 15.1. The molecule has 0 spiro atoms. The summed E-state index contributed by atoms with van der Waals surface area (Å²) in [6.45, 7) is 0.768. The van der Waals surface area contributed by atoms with Crippen LogP contribution < -0.4 is 15.7 Å². The van der Waals surface area contributed by atoms with Crippen LogP contribution in [-0.2, 0) is 17.8 Å². The van der Waals surface area contributed by atoms with Gasteiger partial charge in [-0.3, -0.25) is 9.36 Å². The lowest BCUT2D eigenvalue weighted by atomic mass is 10.1. The summed E-state index contributed by atoms with van der Waals surface area (Å²) in [5.74, 6) is 0.576. The summed E-state index contributed by atoms with van der Waals surface area (Å²) in [7, 11) is 1.57. The summed E-state index contributed by atoms with van der Waals surface area (Å²) in [5, 5.41) is 2.78. The van der Waals surface area contributed by atoms with Crippen LogP contribution in [0.4, 0.5) is 0 Å². The van der Waals surface area contributed by atoms with Gasteiger partial charge in [-0.15, -0.1) is 0 Å². The minimum Gasteiger partial charge on any atom is -0.496 e. The number of methoxy groups -OCH3 is 1. The molecule has 2 aromatic rings. The van der Waals surface area contributed by atoms with Crippen molar-refractivity contribution in [3.63, 3.8) is 0 Å². The molecule has 0 atom stereocenters. The average Bonchev–Trinajstić information content (AvgIpc) is 2.50. The second kappa shape index (κ2) is 7.23. The minimum absolute atomic E-state index is 0.114. The van der Waals surface area contributed by atoms with Crippen LogP contribution in [0.25, 0.3) is 0 Å². The highest BCUT2D eigenvalue weighted by Crippen LogP contribution is 2.17. The summed E-state index contributed by atoms with van der Waals surface area (Å²) in [6, 6.07) is 9.06. The van der Waals surface area contributed by atoms with Crippen LogP contribution in [0.3, 0.4) is 0 Å². The van der Waals surface area contributed by atoms with Gasteiger partial charge in [0, 0.05) is 31.0 Å². The van der Waals surface area contributed by atoms with Gasteiger partial charge < -0.3 is 10.1 Å². The van der Waals surface area contributed by atoms with Crippen molar-refractivity contribution in [2.24, 2.45) is 0 Å². The number of aromatic nitrogens is 2. The molecule has 21 heavy (non-hydrogen) atoms. The van der Waals surface area contributed by atoms with Gasteiger partial charge in [0.15, 0.2) is 0 Å². The molecule has 0 radical (unpaired) electrons. The molecule has 110 valence electrons. The number of benzene rings is 1. The lowest BCUT2D eigenvalue weighted by molar-refractivity contribution is -0.120. The van der Waals surface area contributed by atoms with E-state index in [1.54, 1.807) is 19.4 Å². The maximum atomic E-state index is 11.9. The number of ether oxygens (including phenoxy) is 1. The van der Waals surface area contributed by atoms with Crippen molar-refractivity contribution in [3.05, 3.63) is 58.8 Å². The fourth-order valence-electron chi connectivity index (χ4n) is 1.96. The Balaban J connectivity index is 1.85. The summed E-state index contributed by atoms with van der Waals surface area (Å²) in [4.78, 5) is 26.9. The molecular weight excluding hydrogens is 270 g/mol. The third-order valence-electron chi connectivity index (χ3n) is 3.00. The second-order valence-corrected chi connectivity index (χ2v) is 4.43. The summed E-state index contributed by atoms with van der Waals surface area (Å²) >= 11 is 0. The Morgan fingerprint density at radius 1 is 1.33 bits per heavy atom. The summed E-state index contributed by atoms with van der Waals surface area (Å²) < 4.78 is 6.65. The van der Waals surface area contributed by atoms with Crippen molar-refractivity contribution in [1.82, 2.24) is 14.9 Å². The zero-order valence-corrected chi connectivity index (χ0v) is 11.8. The molecule has 0 aliphatic rings. The molecule has 1 N–H and O–H groups in total. The van der Waals surface area contributed by atoms with E-state index in [-0.39, 0.29) is 18.0 Å². The lowest BCUT2D eigenvalue weighted by Gasteiger charge is -2.09. The van der Waals surface area contributed by atoms with Gasteiger partial charge >= 0.3 is 5.69 Å². The molecule has 0 saturated carbocycles. The Morgan fingerprint density at radius 3 is 2.90 bits per heavy atom. The van der Waals surface area contributed by atoms with E-state index in [9.17, 15) is 9.59 Å². The number of nitrogens with one attached hydrogen (secondary N) is 1. The van der Waals surface area contributed by atoms with Crippen molar-refractivity contribution in [2.45, 2.75) is 13.0 Å². The van der Waals surface area contributed by atoms with E-state index in [1.807, 2.05) is 24.3 Å². The van der Waals surface area contributed by atoms with Crippen LogP contribution in [0.5, 0.6) is 5.75 Å². The first kappa shape index (κ1) is 14.8. The number of carbonyl (C=O) groups is 1. The maximum absolute atomic E-state index is 11.9. The number of hydrogen-bond acceptors (Lipinski definition) is 4. The molecule has 6 nitrogen and oxygen atoms in total. The van der Waals surface area contributed by atoms with Crippen molar-refractivity contribution >= 4 is 5.91 Å². The quantitative estimate of drug-likeness (QED) is 0.845. The van der Waals surface area contributed by atoms with Gasteiger partial charge in [-0.2, -0.15) is 0 Å². The van der Waals surface area contributed by atoms with Gasteiger partial charge in [0.1, 0.15) is 5.75 Å². The molecule has 0 bridgehead atoms. The molecule has 1 aromatic carbocycles. The van der Waals surface area contributed by atoms with E-state index in [0.29, 0.717) is 18.8 Å². The monoisotopic (exact) mass is 287 g/mol. The van der Waals surface area contributed by atoms with E-state index in [4.69, 9.17) is 4.74 Å². The number of nitrogens with zero attached hydrogens (tertiary/aromatic N) is 2. The van der Waals surface area contributed by atoms with Crippen LogP contribution in [0.2, 0.25) is 0 Å². The van der Waals surface area contributed by atoms with Crippen LogP contribution in [0.1, 0.15) is 5.56 Å². The van der Waals surface area contributed by atoms with E-state index in [1.165, 1.54) is 10.8 Å². The van der Waals surface area contributed by atoms with Gasteiger partial charge in [-0.1, -0.05) is 18.2 Å². The van der Waals surface area contributed by atoms with Gasteiger partial charge in [0.05, 0.1) is 13.5 Å². The minimum atomic E-state index is -0.323. The van der Waals surface area contributed by atoms with Gasteiger partial charge in [-0.25, -0.2) is 9.78 Å². The second-order valence-electron chi connectivity index (χ2n) is 4.43. The highest BCUT2D eigenvalue weighted by atomic mass is 16.5. The van der Waals surface area contributed by atoms with E-state index >= 15 is 0 Å². The largest absolute Gasteiger partial charge is 0.496 e. The highest BCUT2D eigenvalue weighted by Gasteiger charge is 2.07. The smallest absolute Gasteiger partial charge is 0.347 e. The molecule has 2 rings (SSSR count). The molecule has 1 aromatic heterocycles. The van der Waals surface area contributed by atoms with Gasteiger partial charge in [-0.05, 0) is 12.1 Å². The standard InChI is InChI=1S/C15H17N3O3/c1-21-13-6-3-2-5-12(13)11-14(19)16-8-10-18-9-4-7-17-15(18)20/h2-7,9H,8,10-11H2,1H3,(H,16,19). The first-order valence-electron chi connectivity index (χ1n) is 6.61. The predicted octanol–water partition coefficient (Wildman–Crippen LogP) is 0.611. The molecule has 0 fully saturated rings. The molecular formula is C15H17N3O3. The molecule has 1 amide bonds. The summed E-state index contributed by atoms with van der Waals surface area (Å²) in [6.07, 6.45) is 3.33. The fraction of sp³-hybridized carbons (Fsp3) is 0.267. The lowest BCUT2D eigenvalue weighted by Crippen LogP contribution is -2.32. The first-order chi connectivity index (χ1) is 10.2. The Morgan fingerprint density at radius 2 is 2.14 bits per heavy atom. The Bertz CT molecular complexity index is 667. The molecule has 0 saturated heterocycles. The van der Waals surface area contributed by atoms with E-state index in [0.717, 1.165) is 5.56 Å². The first-order valence-corrected chi connectivity index (χ1v) is 6.61. The molecule has 0 aliphatic carbocycles. The molecule has 6 heteroatoms. The number of rotatable bonds is 6.